The lowest BCUT2D eigenvalue weighted by Gasteiger charge is -2.22. The molecule has 100 valence electrons. The number of aliphatic hydroxyl groups excluding tert-OH is 1. The maximum absolute atomic E-state index is 12.2. The molecule has 0 aliphatic carbocycles. The standard InChI is InChI=1S/C15H23NO2/c1-10(2)14(8-9-17)16-15(18)13-7-5-6-11(3)12(13)4/h5-7,10,14,17H,8-9H2,1-4H3,(H,16,18). The molecule has 0 aliphatic rings. The summed E-state index contributed by atoms with van der Waals surface area (Å²) in [6.07, 6.45) is 0.592. The highest BCUT2D eigenvalue weighted by molar-refractivity contribution is 5.96. The van der Waals surface area contributed by atoms with Gasteiger partial charge in [-0.3, -0.25) is 4.79 Å². The third kappa shape index (κ3) is 3.57. The van der Waals surface area contributed by atoms with Crippen molar-refractivity contribution in [3.05, 3.63) is 34.9 Å². The average molecular weight is 249 g/mol. The molecule has 0 aromatic heterocycles. The predicted molar refractivity (Wildman–Crippen MR) is 73.7 cm³/mol. The van der Waals surface area contributed by atoms with Crippen LogP contribution in [0.3, 0.4) is 0 Å². The van der Waals surface area contributed by atoms with Crippen LogP contribution in [0.1, 0.15) is 41.8 Å². The number of benzene rings is 1. The van der Waals surface area contributed by atoms with E-state index in [9.17, 15) is 4.79 Å². The van der Waals surface area contributed by atoms with Gasteiger partial charge in [0.05, 0.1) is 0 Å². The van der Waals surface area contributed by atoms with E-state index in [2.05, 4.69) is 5.32 Å². The highest BCUT2D eigenvalue weighted by Crippen LogP contribution is 2.14. The van der Waals surface area contributed by atoms with Crippen molar-refractivity contribution >= 4 is 5.91 Å². The van der Waals surface area contributed by atoms with Gasteiger partial charge in [0.25, 0.3) is 5.91 Å². The highest BCUT2D eigenvalue weighted by atomic mass is 16.3. The lowest BCUT2D eigenvalue weighted by molar-refractivity contribution is 0.0916. The number of nitrogens with one attached hydrogen (secondary N) is 1. The van der Waals surface area contributed by atoms with Gasteiger partial charge >= 0.3 is 0 Å². The summed E-state index contributed by atoms with van der Waals surface area (Å²) in [6.45, 7) is 8.14. The van der Waals surface area contributed by atoms with Crippen molar-refractivity contribution in [1.82, 2.24) is 5.32 Å². The molecule has 1 aromatic carbocycles. The summed E-state index contributed by atoms with van der Waals surface area (Å²) in [5, 5.41) is 12.0. The van der Waals surface area contributed by atoms with Crippen LogP contribution >= 0.6 is 0 Å². The van der Waals surface area contributed by atoms with Gasteiger partial charge in [0, 0.05) is 18.2 Å². The van der Waals surface area contributed by atoms with Crippen LogP contribution in [0.2, 0.25) is 0 Å². The van der Waals surface area contributed by atoms with Crippen molar-refractivity contribution in [2.24, 2.45) is 5.92 Å². The fraction of sp³-hybridized carbons (Fsp3) is 0.533. The van der Waals surface area contributed by atoms with Crippen LogP contribution in [0.15, 0.2) is 18.2 Å². The molecule has 1 atom stereocenters. The Morgan fingerprint density at radius 2 is 2.00 bits per heavy atom. The largest absolute Gasteiger partial charge is 0.396 e. The summed E-state index contributed by atoms with van der Waals surface area (Å²) in [6, 6.07) is 5.75. The summed E-state index contributed by atoms with van der Waals surface area (Å²) in [5.41, 5.74) is 2.85. The zero-order chi connectivity index (χ0) is 13.7. The number of carbonyl (C=O) groups excluding carboxylic acids is 1. The summed E-state index contributed by atoms with van der Waals surface area (Å²) < 4.78 is 0. The topological polar surface area (TPSA) is 49.3 Å². The normalized spacial score (nSPS) is 12.6. The van der Waals surface area contributed by atoms with Crippen LogP contribution < -0.4 is 5.32 Å². The SMILES string of the molecule is Cc1cccc(C(=O)NC(CCO)C(C)C)c1C. The molecule has 1 unspecified atom stereocenters. The minimum Gasteiger partial charge on any atom is -0.396 e. The molecule has 0 spiro atoms. The van der Waals surface area contributed by atoms with Crippen LogP contribution in [0.25, 0.3) is 0 Å². The van der Waals surface area contributed by atoms with Gasteiger partial charge in [-0.05, 0) is 43.4 Å². The molecule has 3 heteroatoms. The van der Waals surface area contributed by atoms with Crippen molar-refractivity contribution < 1.29 is 9.90 Å². The number of rotatable bonds is 5. The molecule has 2 N–H and O–H groups in total. The predicted octanol–water partition coefficient (Wildman–Crippen LogP) is 2.44. The van der Waals surface area contributed by atoms with Crippen LogP contribution in [-0.4, -0.2) is 23.7 Å². The van der Waals surface area contributed by atoms with Gasteiger partial charge in [-0.15, -0.1) is 0 Å². The molecular formula is C15H23NO2. The molecule has 3 nitrogen and oxygen atoms in total. The second kappa shape index (κ2) is 6.55. The molecule has 0 aliphatic heterocycles. The van der Waals surface area contributed by atoms with Gasteiger partial charge in [-0.1, -0.05) is 26.0 Å². The second-order valence-electron chi connectivity index (χ2n) is 5.08. The number of carbonyl (C=O) groups is 1. The monoisotopic (exact) mass is 249 g/mol. The van der Waals surface area contributed by atoms with Crippen molar-refractivity contribution in [3.63, 3.8) is 0 Å². The smallest absolute Gasteiger partial charge is 0.251 e. The van der Waals surface area contributed by atoms with Gasteiger partial charge in [0.1, 0.15) is 0 Å². The first-order valence-corrected chi connectivity index (χ1v) is 6.45. The van der Waals surface area contributed by atoms with E-state index in [4.69, 9.17) is 5.11 Å². The van der Waals surface area contributed by atoms with Gasteiger partial charge in [-0.25, -0.2) is 0 Å². The lowest BCUT2D eigenvalue weighted by Crippen LogP contribution is -2.39. The molecule has 0 saturated heterocycles. The van der Waals surface area contributed by atoms with Gasteiger partial charge < -0.3 is 10.4 Å². The van der Waals surface area contributed by atoms with E-state index in [1.54, 1.807) is 0 Å². The zero-order valence-electron chi connectivity index (χ0n) is 11.7. The fourth-order valence-corrected chi connectivity index (χ4v) is 1.95. The quantitative estimate of drug-likeness (QED) is 0.842. The van der Waals surface area contributed by atoms with E-state index in [0.29, 0.717) is 12.3 Å². The average Bonchev–Trinajstić information content (AvgIpc) is 2.31. The summed E-state index contributed by atoms with van der Waals surface area (Å²) >= 11 is 0. The van der Waals surface area contributed by atoms with Gasteiger partial charge in [0.15, 0.2) is 0 Å². The first-order chi connectivity index (χ1) is 8.47. The Morgan fingerprint density at radius 1 is 1.33 bits per heavy atom. The van der Waals surface area contributed by atoms with E-state index in [-0.39, 0.29) is 18.6 Å². The molecule has 1 amide bonds. The van der Waals surface area contributed by atoms with Crippen LogP contribution in [0.5, 0.6) is 0 Å². The number of amides is 1. The van der Waals surface area contributed by atoms with Crippen LogP contribution in [0, 0.1) is 19.8 Å². The highest BCUT2D eigenvalue weighted by Gasteiger charge is 2.17. The van der Waals surface area contributed by atoms with E-state index < -0.39 is 0 Å². The van der Waals surface area contributed by atoms with Crippen LogP contribution in [0.4, 0.5) is 0 Å². The number of aryl methyl sites for hydroxylation is 1. The molecule has 1 rings (SSSR count). The molecule has 0 saturated carbocycles. The molecule has 0 bridgehead atoms. The summed E-state index contributed by atoms with van der Waals surface area (Å²) in [7, 11) is 0. The first kappa shape index (κ1) is 14.7. The lowest BCUT2D eigenvalue weighted by atomic mass is 9.99. The Morgan fingerprint density at radius 3 is 2.56 bits per heavy atom. The van der Waals surface area contributed by atoms with Crippen molar-refractivity contribution in [2.45, 2.75) is 40.2 Å². The van der Waals surface area contributed by atoms with Gasteiger partial charge in [0.2, 0.25) is 0 Å². The number of aliphatic hydroxyl groups is 1. The summed E-state index contributed by atoms with van der Waals surface area (Å²) in [5.74, 6) is 0.259. The van der Waals surface area contributed by atoms with E-state index in [1.807, 2.05) is 45.9 Å². The molecule has 18 heavy (non-hydrogen) atoms. The van der Waals surface area contributed by atoms with E-state index in [1.165, 1.54) is 0 Å². The number of hydrogen-bond donors (Lipinski definition) is 2. The van der Waals surface area contributed by atoms with E-state index >= 15 is 0 Å². The van der Waals surface area contributed by atoms with E-state index in [0.717, 1.165) is 16.7 Å². The van der Waals surface area contributed by atoms with Crippen LogP contribution in [-0.2, 0) is 0 Å². The Bertz CT molecular complexity index is 413. The van der Waals surface area contributed by atoms with Crippen molar-refractivity contribution in [2.75, 3.05) is 6.61 Å². The Kier molecular flexibility index (Phi) is 5.35. The second-order valence-corrected chi connectivity index (χ2v) is 5.08. The first-order valence-electron chi connectivity index (χ1n) is 6.45. The Hall–Kier alpha value is -1.35. The molecule has 0 radical (unpaired) electrons. The third-order valence-corrected chi connectivity index (χ3v) is 3.41. The maximum atomic E-state index is 12.2. The van der Waals surface area contributed by atoms with Crippen molar-refractivity contribution in [3.8, 4) is 0 Å². The molecule has 0 fully saturated rings. The number of hydrogen-bond acceptors (Lipinski definition) is 2. The molecule has 1 aromatic rings. The molecule has 0 heterocycles. The Labute approximate surface area is 109 Å². The third-order valence-electron chi connectivity index (χ3n) is 3.41. The minimum absolute atomic E-state index is 0.0161. The molecular weight excluding hydrogens is 226 g/mol. The summed E-state index contributed by atoms with van der Waals surface area (Å²) in [4.78, 5) is 12.2. The Balaban J connectivity index is 2.84. The van der Waals surface area contributed by atoms with Crippen molar-refractivity contribution in [1.29, 1.82) is 0 Å². The minimum atomic E-state index is -0.0525. The van der Waals surface area contributed by atoms with Gasteiger partial charge in [-0.2, -0.15) is 0 Å². The zero-order valence-corrected chi connectivity index (χ0v) is 11.7. The fourth-order valence-electron chi connectivity index (χ4n) is 1.95. The maximum Gasteiger partial charge on any atom is 0.251 e.